The number of thiophene rings is 1. The van der Waals surface area contributed by atoms with Crippen LogP contribution in [0.25, 0.3) is 10.1 Å². The van der Waals surface area contributed by atoms with Gasteiger partial charge in [0.05, 0.1) is 0 Å². The van der Waals surface area contributed by atoms with Gasteiger partial charge in [0.15, 0.2) is 0 Å². The van der Waals surface area contributed by atoms with Gasteiger partial charge >= 0.3 is 0 Å². The van der Waals surface area contributed by atoms with Crippen LogP contribution in [0, 0.1) is 5.41 Å². The molecule has 0 aliphatic carbocycles. The van der Waals surface area contributed by atoms with Crippen molar-refractivity contribution in [3.05, 3.63) is 29.1 Å². The van der Waals surface area contributed by atoms with Crippen LogP contribution < -0.4 is 10.5 Å². The van der Waals surface area contributed by atoms with E-state index in [9.17, 15) is 8.42 Å². The Morgan fingerprint density at radius 2 is 1.90 bits per heavy atom. The third-order valence-electron chi connectivity index (χ3n) is 3.70. The molecule has 0 aliphatic heterocycles. The molecule has 2 rings (SSSR count). The third-order valence-corrected chi connectivity index (χ3v) is 6.69. The van der Waals surface area contributed by atoms with Crippen molar-refractivity contribution in [1.82, 2.24) is 4.72 Å². The Morgan fingerprint density at radius 1 is 1.29 bits per heavy atom. The highest BCUT2D eigenvalue weighted by molar-refractivity contribution is 7.90. The molecule has 0 aliphatic rings. The van der Waals surface area contributed by atoms with Gasteiger partial charge in [0.25, 0.3) is 0 Å². The first kappa shape index (κ1) is 16.4. The number of benzene rings is 1. The second-order valence-corrected chi connectivity index (χ2v) is 9.05. The second-order valence-electron chi connectivity index (χ2n) is 6.26. The van der Waals surface area contributed by atoms with Crippen LogP contribution in [0.4, 0.5) is 0 Å². The number of rotatable bonds is 4. The van der Waals surface area contributed by atoms with Crippen molar-refractivity contribution in [2.45, 2.75) is 45.2 Å². The molecule has 0 saturated carbocycles. The molecule has 4 nitrogen and oxygen atoms in total. The van der Waals surface area contributed by atoms with Crippen LogP contribution in [0.1, 0.15) is 32.6 Å². The molecule has 0 saturated heterocycles. The molecule has 1 atom stereocenters. The zero-order valence-corrected chi connectivity index (χ0v) is 14.4. The summed E-state index contributed by atoms with van der Waals surface area (Å²) >= 11 is 1.44. The van der Waals surface area contributed by atoms with E-state index in [1.165, 1.54) is 11.3 Å². The van der Waals surface area contributed by atoms with Gasteiger partial charge in [-0.1, -0.05) is 39.0 Å². The van der Waals surface area contributed by atoms with Gasteiger partial charge in [-0.15, -0.1) is 11.3 Å². The Bertz CT molecular complexity index is 743. The second kappa shape index (κ2) is 5.68. The van der Waals surface area contributed by atoms with Gasteiger partial charge in [-0.05, 0) is 18.4 Å². The van der Waals surface area contributed by atoms with E-state index in [4.69, 9.17) is 5.73 Å². The fourth-order valence-electron chi connectivity index (χ4n) is 1.97. The van der Waals surface area contributed by atoms with Gasteiger partial charge in [0.1, 0.15) is 4.90 Å². The van der Waals surface area contributed by atoms with E-state index in [0.717, 1.165) is 10.1 Å². The SMILES string of the molecule is CC(NS(=O)(=O)c1c(CN)sc2ccccc12)C(C)(C)C. The van der Waals surface area contributed by atoms with Crippen molar-refractivity contribution in [2.75, 3.05) is 0 Å². The van der Waals surface area contributed by atoms with Crippen molar-refractivity contribution < 1.29 is 8.42 Å². The Kier molecular flexibility index (Phi) is 4.44. The summed E-state index contributed by atoms with van der Waals surface area (Å²) in [5.74, 6) is 0. The first-order valence-electron chi connectivity index (χ1n) is 6.89. The van der Waals surface area contributed by atoms with Crippen molar-refractivity contribution >= 4 is 31.4 Å². The third kappa shape index (κ3) is 3.29. The van der Waals surface area contributed by atoms with Crippen LogP contribution in [0.3, 0.4) is 0 Å². The van der Waals surface area contributed by atoms with Crippen LogP contribution in [0.15, 0.2) is 29.2 Å². The minimum Gasteiger partial charge on any atom is -0.326 e. The molecule has 0 amide bonds. The van der Waals surface area contributed by atoms with E-state index in [0.29, 0.717) is 9.77 Å². The summed E-state index contributed by atoms with van der Waals surface area (Å²) in [5, 5.41) is 0.747. The number of hydrogen-bond acceptors (Lipinski definition) is 4. The molecule has 116 valence electrons. The summed E-state index contributed by atoms with van der Waals surface area (Å²) in [4.78, 5) is 1.03. The molecule has 21 heavy (non-hydrogen) atoms. The highest BCUT2D eigenvalue weighted by Gasteiger charge is 2.29. The average molecular weight is 326 g/mol. The monoisotopic (exact) mass is 326 g/mol. The number of hydrogen-bond donors (Lipinski definition) is 2. The van der Waals surface area contributed by atoms with Crippen LogP contribution in [-0.4, -0.2) is 14.5 Å². The first-order valence-corrected chi connectivity index (χ1v) is 9.19. The molecular weight excluding hydrogens is 304 g/mol. The highest BCUT2D eigenvalue weighted by atomic mass is 32.2. The van der Waals surface area contributed by atoms with Crippen molar-refractivity contribution in [3.63, 3.8) is 0 Å². The van der Waals surface area contributed by atoms with Gasteiger partial charge in [-0.25, -0.2) is 13.1 Å². The lowest BCUT2D eigenvalue weighted by molar-refractivity contribution is 0.318. The number of nitrogens with two attached hydrogens (primary N) is 1. The fraction of sp³-hybridized carbons (Fsp3) is 0.467. The zero-order valence-electron chi connectivity index (χ0n) is 12.8. The molecule has 1 aromatic carbocycles. The maximum atomic E-state index is 12.8. The lowest BCUT2D eigenvalue weighted by atomic mass is 9.89. The van der Waals surface area contributed by atoms with Crippen molar-refractivity contribution in [1.29, 1.82) is 0 Å². The lowest BCUT2D eigenvalue weighted by Crippen LogP contribution is -2.41. The minimum atomic E-state index is -3.59. The lowest BCUT2D eigenvalue weighted by Gasteiger charge is -2.27. The van der Waals surface area contributed by atoms with Gasteiger partial charge in [-0.3, -0.25) is 0 Å². The van der Waals surface area contributed by atoms with E-state index >= 15 is 0 Å². The topological polar surface area (TPSA) is 72.2 Å². The van der Waals surface area contributed by atoms with Crippen molar-refractivity contribution in [3.8, 4) is 0 Å². The summed E-state index contributed by atoms with van der Waals surface area (Å²) in [5.41, 5.74) is 5.59. The smallest absolute Gasteiger partial charge is 0.242 e. The molecule has 0 bridgehead atoms. The number of fused-ring (bicyclic) bond motifs is 1. The standard InChI is InChI=1S/C15H22N2O2S2/c1-10(15(2,3)4)17-21(18,19)14-11-7-5-6-8-12(11)20-13(14)9-16/h5-8,10,17H,9,16H2,1-4H3. The predicted octanol–water partition coefficient (Wildman–Crippen LogP) is 3.07. The van der Waals surface area contributed by atoms with Crippen LogP contribution in [0.2, 0.25) is 0 Å². The minimum absolute atomic E-state index is 0.151. The first-order chi connectivity index (χ1) is 9.66. The molecule has 1 heterocycles. The quantitative estimate of drug-likeness (QED) is 0.907. The van der Waals surface area contributed by atoms with E-state index in [1.54, 1.807) is 0 Å². The van der Waals surface area contributed by atoms with Gasteiger partial charge < -0.3 is 5.73 Å². The number of nitrogens with one attached hydrogen (secondary N) is 1. The van der Waals surface area contributed by atoms with E-state index in [2.05, 4.69) is 4.72 Å². The highest BCUT2D eigenvalue weighted by Crippen LogP contribution is 2.35. The number of sulfonamides is 1. The van der Waals surface area contributed by atoms with Crippen molar-refractivity contribution in [2.24, 2.45) is 11.1 Å². The molecule has 1 unspecified atom stereocenters. The maximum absolute atomic E-state index is 12.8. The summed E-state index contributed by atoms with van der Waals surface area (Å²) < 4.78 is 29.3. The van der Waals surface area contributed by atoms with Crippen LogP contribution in [0.5, 0.6) is 0 Å². The summed E-state index contributed by atoms with van der Waals surface area (Å²) in [6.07, 6.45) is 0. The molecule has 6 heteroatoms. The summed E-state index contributed by atoms with van der Waals surface area (Å²) in [6.45, 7) is 8.13. The Hall–Kier alpha value is -0.950. The Balaban J connectivity index is 2.54. The van der Waals surface area contributed by atoms with E-state index < -0.39 is 10.0 Å². The Morgan fingerprint density at radius 3 is 2.48 bits per heavy atom. The molecule has 1 aromatic heterocycles. The van der Waals surface area contributed by atoms with Gasteiger partial charge in [-0.2, -0.15) is 0 Å². The summed E-state index contributed by atoms with van der Waals surface area (Å²) in [7, 11) is -3.59. The van der Waals surface area contributed by atoms with Gasteiger partial charge in [0.2, 0.25) is 10.0 Å². The molecular formula is C15H22N2O2S2. The molecule has 3 N–H and O–H groups in total. The fourth-order valence-corrected chi connectivity index (χ4v) is 5.25. The average Bonchev–Trinajstić information content (AvgIpc) is 2.76. The van der Waals surface area contributed by atoms with Gasteiger partial charge in [0, 0.05) is 27.5 Å². The largest absolute Gasteiger partial charge is 0.326 e. The predicted molar refractivity (Wildman–Crippen MR) is 89.0 cm³/mol. The van der Waals surface area contributed by atoms with E-state index in [1.807, 2.05) is 52.0 Å². The zero-order chi connectivity index (χ0) is 15.8. The molecule has 0 fully saturated rings. The molecule has 2 aromatic rings. The Labute approximate surface area is 130 Å². The normalized spacial score (nSPS) is 14.5. The molecule has 0 spiro atoms. The van der Waals surface area contributed by atoms with Crippen LogP contribution in [-0.2, 0) is 16.6 Å². The van der Waals surface area contributed by atoms with E-state index in [-0.39, 0.29) is 18.0 Å². The maximum Gasteiger partial charge on any atom is 0.242 e. The molecule has 0 radical (unpaired) electrons. The summed E-state index contributed by atoms with van der Waals surface area (Å²) in [6, 6.07) is 7.33. The van der Waals surface area contributed by atoms with Crippen LogP contribution >= 0.6 is 11.3 Å².